The van der Waals surface area contributed by atoms with Crippen LogP contribution in [0.2, 0.25) is 0 Å². The van der Waals surface area contributed by atoms with Gasteiger partial charge < -0.3 is 25.0 Å². The lowest BCUT2D eigenvalue weighted by Gasteiger charge is -2.37. The van der Waals surface area contributed by atoms with E-state index in [4.69, 9.17) is 15.2 Å². The van der Waals surface area contributed by atoms with Gasteiger partial charge in [0, 0.05) is 49.6 Å². The zero-order valence-electron chi connectivity index (χ0n) is 29.4. The van der Waals surface area contributed by atoms with Gasteiger partial charge in [0.1, 0.15) is 22.8 Å². The second-order valence-electron chi connectivity index (χ2n) is 15.9. The Balaban J connectivity index is 1.16. The average Bonchev–Trinajstić information content (AvgIpc) is 3.93. The summed E-state index contributed by atoms with van der Waals surface area (Å²) in [4.78, 5) is 59.7. The quantitative estimate of drug-likeness (QED) is 0.336. The lowest BCUT2D eigenvalue weighted by Crippen LogP contribution is -2.52. The number of fused-ring (bicyclic) bond motifs is 3. The Bertz CT molecular complexity index is 1970. The van der Waals surface area contributed by atoms with E-state index in [2.05, 4.69) is 0 Å². The minimum Gasteiger partial charge on any atom is -0.444 e. The molecule has 4 amide bonds. The van der Waals surface area contributed by atoms with Crippen LogP contribution in [0.5, 0.6) is 0 Å². The summed E-state index contributed by atoms with van der Waals surface area (Å²) in [6, 6.07) is 19.2. The highest BCUT2D eigenvalue weighted by Crippen LogP contribution is 2.70. The molecule has 272 valence electrons. The summed E-state index contributed by atoms with van der Waals surface area (Å²) in [5, 5.41) is 0. The molecule has 3 heterocycles. The van der Waals surface area contributed by atoms with Gasteiger partial charge in [-0.1, -0.05) is 48.5 Å². The molecule has 0 aromatic heterocycles. The maximum atomic E-state index is 16.1. The Morgan fingerprint density at radius 2 is 1.38 bits per heavy atom. The summed E-state index contributed by atoms with van der Waals surface area (Å²) >= 11 is 0. The van der Waals surface area contributed by atoms with E-state index in [0.717, 1.165) is 4.90 Å². The van der Waals surface area contributed by atoms with Crippen LogP contribution in [0.25, 0.3) is 0 Å². The molecule has 52 heavy (non-hydrogen) atoms. The highest BCUT2D eigenvalue weighted by Gasteiger charge is 2.83. The number of ether oxygens (including phenoxy) is 2. The number of hydrogen-bond acceptors (Lipinski definition) is 7. The fraction of sp³-hybridized carbons (Fsp3) is 0.450. The van der Waals surface area contributed by atoms with Crippen LogP contribution >= 0.6 is 0 Å². The normalized spacial score (nSPS) is 30.3. The molecule has 0 radical (unpaired) electrons. The summed E-state index contributed by atoms with van der Waals surface area (Å²) < 4.78 is 43.5. The molecule has 3 aromatic carbocycles. The third-order valence-electron chi connectivity index (χ3n) is 12.3. The molecule has 6 atom stereocenters. The first-order valence-electron chi connectivity index (χ1n) is 17.9. The van der Waals surface area contributed by atoms with Crippen molar-refractivity contribution in [2.24, 2.45) is 23.5 Å². The summed E-state index contributed by atoms with van der Waals surface area (Å²) in [5.74, 6) is -2.51. The molecule has 0 bridgehead atoms. The summed E-state index contributed by atoms with van der Waals surface area (Å²) in [5.41, 5.74) is 3.21. The number of rotatable bonds is 6. The van der Waals surface area contributed by atoms with Gasteiger partial charge in [-0.2, -0.15) is 0 Å². The van der Waals surface area contributed by atoms with Crippen molar-refractivity contribution in [1.29, 1.82) is 0 Å². The van der Waals surface area contributed by atoms with E-state index in [0.29, 0.717) is 18.5 Å². The standard InChI is InChI=1S/C40H42F2N4O6/c1-37(2,3)51-36(50)45-19-17-32-39(28-13-7-9-15-31(28)42,22-46-33(47)24-10-4-5-11-25(24)34(46)48)40(32,23-45)52-35(49)44-18-16-26-29(20-44)38(26,21-43)27-12-6-8-14-30(27)41/h4-15,26,29,32H,16-23,43H2,1-3H3/t26?,29?,32-,38?,39+,40+/m1/s1. The lowest BCUT2D eigenvalue weighted by atomic mass is 9.88. The second kappa shape index (κ2) is 11.8. The minimum atomic E-state index is -1.52. The van der Waals surface area contributed by atoms with Gasteiger partial charge in [0.15, 0.2) is 0 Å². The first kappa shape index (κ1) is 34.3. The van der Waals surface area contributed by atoms with Gasteiger partial charge in [0.05, 0.1) is 23.1 Å². The Morgan fingerprint density at radius 3 is 1.98 bits per heavy atom. The summed E-state index contributed by atoms with van der Waals surface area (Å²) in [7, 11) is 0. The van der Waals surface area contributed by atoms with Crippen molar-refractivity contribution in [3.05, 3.63) is 107 Å². The van der Waals surface area contributed by atoms with E-state index in [9.17, 15) is 19.2 Å². The Kier molecular flexibility index (Phi) is 7.80. The molecule has 5 aliphatic rings. The lowest BCUT2D eigenvalue weighted by molar-refractivity contribution is -0.0231. The van der Waals surface area contributed by atoms with Crippen LogP contribution in [-0.2, 0) is 20.3 Å². The van der Waals surface area contributed by atoms with Gasteiger partial charge in [-0.25, -0.2) is 18.4 Å². The van der Waals surface area contributed by atoms with Crippen LogP contribution in [0, 0.1) is 29.4 Å². The molecular formula is C40H42F2N4O6. The van der Waals surface area contributed by atoms with Crippen LogP contribution in [0.3, 0.4) is 0 Å². The third-order valence-corrected chi connectivity index (χ3v) is 12.3. The number of benzene rings is 3. The number of nitrogens with two attached hydrogens (primary N) is 1. The number of carbonyl (C=O) groups is 4. The predicted molar refractivity (Wildman–Crippen MR) is 185 cm³/mol. The second-order valence-corrected chi connectivity index (χ2v) is 15.9. The zero-order chi connectivity index (χ0) is 36.8. The fourth-order valence-electron chi connectivity index (χ4n) is 9.93. The van der Waals surface area contributed by atoms with Gasteiger partial charge in [-0.3, -0.25) is 14.5 Å². The number of halogens is 2. The van der Waals surface area contributed by atoms with E-state index in [-0.39, 0.29) is 73.5 Å². The van der Waals surface area contributed by atoms with Crippen LogP contribution in [-0.4, -0.2) is 89.2 Å². The fourth-order valence-corrected chi connectivity index (χ4v) is 9.93. The molecule has 4 fully saturated rings. The summed E-state index contributed by atoms with van der Waals surface area (Å²) in [6.07, 6.45) is -0.411. The van der Waals surface area contributed by atoms with E-state index in [1.54, 1.807) is 86.3 Å². The van der Waals surface area contributed by atoms with Crippen molar-refractivity contribution in [1.82, 2.24) is 14.7 Å². The monoisotopic (exact) mass is 712 g/mol. The SMILES string of the molecule is CC(C)(C)OC(=O)N1CC[C@H]2[C@@](OC(=O)N3CCC4C(C3)C4(CN)c3ccccc3F)(C1)[C@@]2(CN1C(=O)c2ccccc2C1=O)c1ccccc1F. The molecule has 3 aromatic rings. The molecular weight excluding hydrogens is 670 g/mol. The van der Waals surface area contributed by atoms with E-state index < -0.39 is 57.8 Å². The molecule has 12 heteroatoms. The van der Waals surface area contributed by atoms with Crippen molar-refractivity contribution in [3.8, 4) is 0 Å². The van der Waals surface area contributed by atoms with E-state index in [1.165, 1.54) is 17.0 Å². The van der Waals surface area contributed by atoms with Crippen molar-refractivity contribution >= 4 is 24.0 Å². The van der Waals surface area contributed by atoms with Crippen molar-refractivity contribution in [3.63, 3.8) is 0 Å². The van der Waals surface area contributed by atoms with Gasteiger partial charge >= 0.3 is 12.2 Å². The van der Waals surface area contributed by atoms with Gasteiger partial charge in [0.2, 0.25) is 0 Å². The Morgan fingerprint density at radius 1 is 0.808 bits per heavy atom. The van der Waals surface area contributed by atoms with Gasteiger partial charge in [0.25, 0.3) is 11.8 Å². The van der Waals surface area contributed by atoms with Crippen molar-refractivity contribution in [2.75, 3.05) is 39.3 Å². The zero-order valence-corrected chi connectivity index (χ0v) is 29.4. The molecule has 0 spiro atoms. The van der Waals surface area contributed by atoms with Gasteiger partial charge in [-0.15, -0.1) is 0 Å². The Hall–Kier alpha value is -4.84. The predicted octanol–water partition coefficient (Wildman–Crippen LogP) is 5.49. The van der Waals surface area contributed by atoms with Crippen LogP contribution < -0.4 is 5.73 Å². The van der Waals surface area contributed by atoms with Crippen LogP contribution in [0.4, 0.5) is 18.4 Å². The number of imide groups is 1. The van der Waals surface area contributed by atoms with Crippen LogP contribution in [0.1, 0.15) is 65.5 Å². The molecule has 2 N–H and O–H groups in total. The van der Waals surface area contributed by atoms with Crippen LogP contribution in [0.15, 0.2) is 72.8 Å². The average molecular weight is 713 g/mol. The smallest absolute Gasteiger partial charge is 0.410 e. The number of hydrogen-bond donors (Lipinski definition) is 1. The topological polar surface area (TPSA) is 122 Å². The van der Waals surface area contributed by atoms with Crippen molar-refractivity contribution in [2.45, 2.75) is 55.6 Å². The maximum Gasteiger partial charge on any atom is 0.410 e. The van der Waals surface area contributed by atoms with E-state index >= 15 is 8.78 Å². The molecule has 3 aliphatic heterocycles. The third kappa shape index (κ3) is 4.89. The Labute approximate surface area is 300 Å². The highest BCUT2D eigenvalue weighted by molar-refractivity contribution is 6.21. The molecule has 2 saturated carbocycles. The number of nitrogens with zero attached hydrogens (tertiary/aromatic N) is 3. The minimum absolute atomic E-state index is 0.0916. The van der Waals surface area contributed by atoms with E-state index in [1.807, 2.05) is 0 Å². The first-order chi connectivity index (χ1) is 24.8. The molecule has 8 rings (SSSR count). The van der Waals surface area contributed by atoms with Crippen molar-refractivity contribution < 1.29 is 37.4 Å². The van der Waals surface area contributed by atoms with Gasteiger partial charge in [-0.05, 0) is 75.3 Å². The largest absolute Gasteiger partial charge is 0.444 e. The molecule has 2 aliphatic carbocycles. The molecule has 10 nitrogen and oxygen atoms in total. The number of likely N-dealkylation sites (tertiary alicyclic amines) is 2. The first-order valence-corrected chi connectivity index (χ1v) is 17.9. The summed E-state index contributed by atoms with van der Waals surface area (Å²) in [6.45, 7) is 5.90. The number of amides is 4. The number of piperidine rings is 2. The highest BCUT2D eigenvalue weighted by atomic mass is 19.1. The maximum absolute atomic E-state index is 16.1. The molecule has 3 unspecified atom stereocenters. The molecule has 2 saturated heterocycles. The number of carbonyl (C=O) groups excluding carboxylic acids is 4.